The SMILES string of the molecule is CC1=c2cc3c(cc2-c2ccc4ccccc4c2C1(C)C)=C(c1c(F)c(F)cc(F)c1S(=O)(=O)[O-])c1cc2c(cc1O3)N(C)C(C)(C)c1c-2ccc2ccccc12. The van der Waals surface area contributed by atoms with Crippen molar-refractivity contribution in [3.63, 3.8) is 0 Å². The summed E-state index contributed by atoms with van der Waals surface area (Å²) in [4.78, 5) is 0.658. The van der Waals surface area contributed by atoms with E-state index in [4.69, 9.17) is 4.74 Å². The average Bonchev–Trinajstić information content (AvgIpc) is 3.17. The number of nitrogens with zero attached hydrogens (tertiary/aromatic N) is 1. The van der Waals surface area contributed by atoms with Crippen molar-refractivity contribution in [2.24, 2.45) is 0 Å². The summed E-state index contributed by atoms with van der Waals surface area (Å²) in [6.45, 7) is 10.6. The van der Waals surface area contributed by atoms with Crippen LogP contribution in [0.25, 0.3) is 54.9 Å². The summed E-state index contributed by atoms with van der Waals surface area (Å²) >= 11 is 0. The molecule has 0 unspecified atom stereocenters. The van der Waals surface area contributed by atoms with Crippen LogP contribution in [0.4, 0.5) is 18.9 Å². The summed E-state index contributed by atoms with van der Waals surface area (Å²) in [6, 6.07) is 31.5. The molecule has 0 saturated carbocycles. The van der Waals surface area contributed by atoms with E-state index in [0.29, 0.717) is 5.56 Å². The molecule has 0 bridgehead atoms. The lowest BCUT2D eigenvalue weighted by Gasteiger charge is -2.45. The Labute approximate surface area is 327 Å². The van der Waals surface area contributed by atoms with Crippen molar-refractivity contribution >= 4 is 48.5 Å². The first-order chi connectivity index (χ1) is 27.0. The maximum atomic E-state index is 16.6. The molecule has 5 nitrogen and oxygen atoms in total. The van der Waals surface area contributed by atoms with Gasteiger partial charge in [-0.1, -0.05) is 92.2 Å². The molecule has 0 saturated heterocycles. The minimum Gasteiger partial charge on any atom is -0.744 e. The number of rotatable bonds is 2. The minimum absolute atomic E-state index is 0.102. The van der Waals surface area contributed by atoms with Gasteiger partial charge in [0.2, 0.25) is 0 Å². The molecule has 0 aromatic heterocycles. The van der Waals surface area contributed by atoms with E-state index in [2.05, 4.69) is 51.7 Å². The third-order valence-corrected chi connectivity index (χ3v) is 13.7. The van der Waals surface area contributed by atoms with Gasteiger partial charge in [-0.25, -0.2) is 21.6 Å². The predicted octanol–water partition coefficient (Wildman–Crippen LogP) is 10.1. The Bertz CT molecular complexity index is 3260. The number of hydrogen-bond donors (Lipinski definition) is 0. The fourth-order valence-corrected chi connectivity index (χ4v) is 10.4. The average molecular weight is 779 g/mol. The molecule has 0 spiro atoms. The van der Waals surface area contributed by atoms with E-state index in [1.807, 2.05) is 73.8 Å². The Balaban J connectivity index is 1.39. The second-order valence-corrected chi connectivity index (χ2v) is 17.7. The van der Waals surface area contributed by atoms with Gasteiger partial charge in [-0.05, 0) is 93.6 Å². The molecule has 10 rings (SSSR count). The molecule has 0 fully saturated rings. The first kappa shape index (κ1) is 35.5. The highest BCUT2D eigenvalue weighted by Gasteiger charge is 2.40. The van der Waals surface area contributed by atoms with Crippen LogP contribution in [0.3, 0.4) is 0 Å². The molecule has 284 valence electrons. The van der Waals surface area contributed by atoms with Crippen molar-refractivity contribution in [1.29, 1.82) is 0 Å². The summed E-state index contributed by atoms with van der Waals surface area (Å²) in [5.41, 5.74) is 5.20. The third-order valence-electron chi connectivity index (χ3n) is 12.8. The van der Waals surface area contributed by atoms with Crippen molar-refractivity contribution in [3.8, 4) is 33.8 Å². The molecular formula is C48H35F3NO4S-. The summed E-state index contributed by atoms with van der Waals surface area (Å²) in [6.07, 6.45) is 0. The fraction of sp³-hybridized carbons (Fsp3) is 0.167. The van der Waals surface area contributed by atoms with Crippen LogP contribution in [0, 0.1) is 17.5 Å². The van der Waals surface area contributed by atoms with Gasteiger partial charge in [0, 0.05) is 57.8 Å². The molecule has 0 amide bonds. The molecule has 2 heterocycles. The van der Waals surface area contributed by atoms with E-state index in [-0.39, 0.29) is 33.9 Å². The molecule has 1 aliphatic carbocycles. The van der Waals surface area contributed by atoms with Crippen molar-refractivity contribution in [2.45, 2.75) is 50.5 Å². The maximum Gasteiger partial charge on any atom is 0.168 e. The lowest BCUT2D eigenvalue weighted by molar-refractivity contribution is 0.442. The molecule has 3 aliphatic rings. The van der Waals surface area contributed by atoms with Gasteiger partial charge in [-0.2, -0.15) is 0 Å². The van der Waals surface area contributed by atoms with Crippen LogP contribution < -0.4 is 20.1 Å². The Kier molecular flexibility index (Phi) is 7.22. The van der Waals surface area contributed by atoms with Crippen LogP contribution in [0.15, 0.2) is 108 Å². The number of fused-ring (bicyclic) bond motifs is 12. The quantitative estimate of drug-likeness (QED) is 0.129. The topological polar surface area (TPSA) is 69.7 Å². The van der Waals surface area contributed by atoms with Crippen LogP contribution in [0.1, 0.15) is 56.9 Å². The smallest absolute Gasteiger partial charge is 0.168 e. The number of ether oxygens (including phenoxy) is 1. The van der Waals surface area contributed by atoms with Crippen molar-refractivity contribution in [1.82, 2.24) is 0 Å². The van der Waals surface area contributed by atoms with Gasteiger partial charge in [-0.3, -0.25) is 0 Å². The van der Waals surface area contributed by atoms with Crippen LogP contribution >= 0.6 is 0 Å². The van der Waals surface area contributed by atoms with Gasteiger partial charge in [0.15, 0.2) is 11.6 Å². The molecule has 0 atom stereocenters. The van der Waals surface area contributed by atoms with E-state index in [9.17, 15) is 13.0 Å². The van der Waals surface area contributed by atoms with Gasteiger partial charge < -0.3 is 14.2 Å². The molecule has 0 N–H and O–H groups in total. The van der Waals surface area contributed by atoms with E-state index >= 15 is 13.2 Å². The normalized spacial score (nSPS) is 16.0. The van der Waals surface area contributed by atoms with E-state index in [0.717, 1.165) is 65.8 Å². The van der Waals surface area contributed by atoms with Gasteiger partial charge >= 0.3 is 0 Å². The van der Waals surface area contributed by atoms with Gasteiger partial charge in [0.05, 0.1) is 5.54 Å². The van der Waals surface area contributed by atoms with Crippen molar-refractivity contribution in [3.05, 3.63) is 153 Å². The monoisotopic (exact) mass is 778 g/mol. The van der Waals surface area contributed by atoms with Crippen LogP contribution in [-0.4, -0.2) is 20.0 Å². The third kappa shape index (κ3) is 4.76. The van der Waals surface area contributed by atoms with Gasteiger partial charge in [-0.15, -0.1) is 0 Å². The van der Waals surface area contributed by atoms with Gasteiger partial charge in [0.25, 0.3) is 0 Å². The zero-order valence-electron chi connectivity index (χ0n) is 31.9. The molecule has 7 aromatic rings. The summed E-state index contributed by atoms with van der Waals surface area (Å²) < 4.78 is 93.3. The molecule has 9 heteroatoms. The number of anilines is 1. The Morgan fingerprint density at radius 1 is 0.649 bits per heavy atom. The van der Waals surface area contributed by atoms with Crippen molar-refractivity contribution in [2.75, 3.05) is 11.9 Å². The summed E-state index contributed by atoms with van der Waals surface area (Å²) in [5.74, 6) is -4.54. The van der Waals surface area contributed by atoms with Crippen LogP contribution in [0.5, 0.6) is 11.5 Å². The van der Waals surface area contributed by atoms with Crippen LogP contribution in [-0.2, 0) is 21.1 Å². The first-order valence-corrected chi connectivity index (χ1v) is 20.1. The Morgan fingerprint density at radius 3 is 1.91 bits per heavy atom. The molecular weight excluding hydrogens is 744 g/mol. The highest BCUT2D eigenvalue weighted by molar-refractivity contribution is 7.85. The second-order valence-electron chi connectivity index (χ2n) is 16.3. The zero-order valence-corrected chi connectivity index (χ0v) is 32.8. The number of halogens is 3. The highest BCUT2D eigenvalue weighted by Crippen LogP contribution is 2.54. The molecule has 57 heavy (non-hydrogen) atoms. The standard InChI is InChI=1S/C48H36F3NO4S/c1-24-31-21-39-34(19-32(31)29-17-15-25-11-7-9-13-27(25)43(29)47(24,2)3)41(42-45(51)36(49)22-37(50)46(42)57(53,54)55)35-20-33-30-18-16-26-12-8-10-14-28(26)44(30)48(4,5)52(6)38(33)23-40(35)56-39/h7-23H,1-6H3,(H,53,54,55)/p-1. The second kappa shape index (κ2) is 11.6. The van der Waals surface area contributed by atoms with Crippen molar-refractivity contribution < 1.29 is 30.9 Å². The lowest BCUT2D eigenvalue weighted by Crippen LogP contribution is -2.42. The Morgan fingerprint density at radius 2 is 1.26 bits per heavy atom. The number of benzene rings is 7. The Hall–Kier alpha value is -5.90. The first-order valence-electron chi connectivity index (χ1n) is 18.7. The largest absolute Gasteiger partial charge is 0.744 e. The van der Waals surface area contributed by atoms with E-state index in [1.165, 1.54) is 0 Å². The van der Waals surface area contributed by atoms with Gasteiger partial charge in [0.1, 0.15) is 32.3 Å². The summed E-state index contributed by atoms with van der Waals surface area (Å²) in [7, 11) is -3.72. The maximum absolute atomic E-state index is 16.6. The predicted molar refractivity (Wildman–Crippen MR) is 218 cm³/mol. The minimum atomic E-state index is -5.69. The van der Waals surface area contributed by atoms with E-state index in [1.54, 1.807) is 18.2 Å². The van der Waals surface area contributed by atoms with E-state index < -0.39 is 49.0 Å². The molecule has 0 radical (unpaired) electrons. The summed E-state index contributed by atoms with van der Waals surface area (Å²) in [5, 5.41) is 5.22. The lowest BCUT2D eigenvalue weighted by atomic mass is 9.68. The highest BCUT2D eigenvalue weighted by atomic mass is 32.2. The fourth-order valence-electron chi connectivity index (χ4n) is 9.63. The zero-order chi connectivity index (χ0) is 40.1. The molecule has 7 aromatic carbocycles. The van der Waals surface area contributed by atoms with Crippen LogP contribution in [0.2, 0.25) is 0 Å². The number of hydrogen-bond acceptors (Lipinski definition) is 5. The molecule has 2 aliphatic heterocycles.